The average molecular weight is 415 g/mol. The molecule has 0 unspecified atom stereocenters. The molecule has 0 aliphatic rings. The number of fused-ring (bicyclic) bond motifs is 1. The largest absolute Gasteiger partial charge is 0.366 e. The van der Waals surface area contributed by atoms with Crippen molar-refractivity contribution in [2.24, 2.45) is 0 Å². The zero-order chi connectivity index (χ0) is 21.3. The van der Waals surface area contributed by atoms with E-state index >= 15 is 0 Å². The number of benzene rings is 2. The fourth-order valence-corrected chi connectivity index (χ4v) is 5.56. The molecular weight excluding hydrogens is 384 g/mol. The Hall–Kier alpha value is -2.65. The number of aryl methyl sites for hydroxylation is 4. The maximum Gasteiger partial charge on any atom is 0.0892 e. The van der Waals surface area contributed by atoms with Crippen molar-refractivity contribution >= 4 is 27.2 Å². The van der Waals surface area contributed by atoms with Gasteiger partial charge in [-0.15, -0.1) is 11.3 Å². The molecule has 0 N–H and O–H groups in total. The van der Waals surface area contributed by atoms with Gasteiger partial charge in [0.1, 0.15) is 0 Å². The van der Waals surface area contributed by atoms with Crippen molar-refractivity contribution in [2.45, 2.75) is 47.6 Å². The van der Waals surface area contributed by atoms with Gasteiger partial charge in [-0.2, -0.15) is 0 Å². The van der Waals surface area contributed by atoms with Crippen molar-refractivity contribution in [2.75, 3.05) is 11.4 Å². The maximum atomic E-state index is 5.00. The minimum atomic E-state index is 0.912. The molecule has 0 amide bonds. The predicted molar refractivity (Wildman–Crippen MR) is 132 cm³/mol. The Morgan fingerprint density at radius 1 is 0.900 bits per heavy atom. The van der Waals surface area contributed by atoms with E-state index in [4.69, 9.17) is 4.98 Å². The van der Waals surface area contributed by atoms with Crippen molar-refractivity contribution in [1.29, 1.82) is 0 Å². The average Bonchev–Trinajstić information content (AvgIpc) is 3.03. The number of rotatable bonds is 6. The third kappa shape index (κ3) is 3.99. The van der Waals surface area contributed by atoms with Crippen LogP contribution < -0.4 is 4.90 Å². The second kappa shape index (κ2) is 8.61. The summed E-state index contributed by atoms with van der Waals surface area (Å²) in [5, 5.41) is 0. The first-order chi connectivity index (χ1) is 14.5. The normalized spacial score (nSPS) is 11.2. The molecule has 0 atom stereocenters. The number of hydrogen-bond donors (Lipinski definition) is 0. The zero-order valence-corrected chi connectivity index (χ0v) is 19.4. The molecule has 0 saturated carbocycles. The third-order valence-electron chi connectivity index (χ3n) is 5.69. The molecule has 0 fully saturated rings. The van der Waals surface area contributed by atoms with Crippen LogP contribution in [0.2, 0.25) is 0 Å². The Balaban J connectivity index is 1.77. The Kier molecular flexibility index (Phi) is 5.92. The second-order valence-corrected chi connectivity index (χ2v) is 9.51. The smallest absolute Gasteiger partial charge is 0.0892 e. The maximum absolute atomic E-state index is 5.00. The van der Waals surface area contributed by atoms with Gasteiger partial charge in [-0.05, 0) is 62.4 Å². The van der Waals surface area contributed by atoms with Crippen molar-refractivity contribution in [1.82, 2.24) is 4.98 Å². The number of anilines is 1. The van der Waals surface area contributed by atoms with Crippen LogP contribution in [0.5, 0.6) is 0 Å². The highest BCUT2D eigenvalue weighted by atomic mass is 32.1. The van der Waals surface area contributed by atoms with Gasteiger partial charge in [0.25, 0.3) is 0 Å². The van der Waals surface area contributed by atoms with E-state index in [2.05, 4.69) is 94.2 Å². The quantitative estimate of drug-likeness (QED) is 0.323. The predicted octanol–water partition coefficient (Wildman–Crippen LogP) is 7.61. The molecule has 0 saturated heterocycles. The van der Waals surface area contributed by atoms with Crippen LogP contribution in [0, 0.1) is 27.7 Å². The highest BCUT2D eigenvalue weighted by molar-refractivity contribution is 7.19. The SMILES string of the molecule is CCCN(Cc1ccccc1)c1cnc2c(-c3c(C)cc(C)cc3C)c(C)sc2c1. The Labute approximate surface area is 184 Å². The summed E-state index contributed by atoms with van der Waals surface area (Å²) in [5.74, 6) is 0. The van der Waals surface area contributed by atoms with Crippen LogP contribution in [-0.4, -0.2) is 11.5 Å². The number of pyridine rings is 1. The summed E-state index contributed by atoms with van der Waals surface area (Å²) in [5.41, 5.74) is 10.3. The molecule has 0 spiro atoms. The summed E-state index contributed by atoms with van der Waals surface area (Å²) in [4.78, 5) is 8.78. The Morgan fingerprint density at radius 3 is 2.27 bits per heavy atom. The molecule has 2 aromatic carbocycles. The highest BCUT2D eigenvalue weighted by Crippen LogP contribution is 2.41. The molecular formula is C27H30N2S. The van der Waals surface area contributed by atoms with Crippen molar-refractivity contribution in [3.8, 4) is 11.1 Å². The van der Waals surface area contributed by atoms with Gasteiger partial charge in [0.15, 0.2) is 0 Å². The molecule has 154 valence electrons. The summed E-state index contributed by atoms with van der Waals surface area (Å²) in [7, 11) is 0. The van der Waals surface area contributed by atoms with E-state index in [-0.39, 0.29) is 0 Å². The lowest BCUT2D eigenvalue weighted by molar-refractivity contribution is 0.766. The van der Waals surface area contributed by atoms with Gasteiger partial charge >= 0.3 is 0 Å². The summed E-state index contributed by atoms with van der Waals surface area (Å²) in [6.45, 7) is 13.0. The number of nitrogens with zero attached hydrogens (tertiary/aromatic N) is 2. The minimum Gasteiger partial charge on any atom is -0.366 e. The van der Waals surface area contributed by atoms with Crippen LogP contribution >= 0.6 is 11.3 Å². The fraction of sp³-hybridized carbons (Fsp3) is 0.296. The first-order valence-corrected chi connectivity index (χ1v) is 11.6. The third-order valence-corrected chi connectivity index (χ3v) is 6.73. The van der Waals surface area contributed by atoms with Crippen LogP contribution in [-0.2, 0) is 6.54 Å². The zero-order valence-electron chi connectivity index (χ0n) is 18.6. The van der Waals surface area contributed by atoms with E-state index in [0.717, 1.165) is 25.0 Å². The summed E-state index contributed by atoms with van der Waals surface area (Å²) < 4.78 is 1.27. The highest BCUT2D eigenvalue weighted by Gasteiger charge is 2.18. The van der Waals surface area contributed by atoms with E-state index < -0.39 is 0 Å². The lowest BCUT2D eigenvalue weighted by atomic mass is 9.93. The van der Waals surface area contributed by atoms with Gasteiger partial charge < -0.3 is 4.90 Å². The lowest BCUT2D eigenvalue weighted by Gasteiger charge is -2.24. The molecule has 4 aromatic rings. The van der Waals surface area contributed by atoms with Crippen molar-refractivity contribution < 1.29 is 0 Å². The van der Waals surface area contributed by atoms with Gasteiger partial charge in [-0.25, -0.2) is 0 Å². The van der Waals surface area contributed by atoms with Crippen LogP contribution in [0.3, 0.4) is 0 Å². The Morgan fingerprint density at radius 2 is 1.60 bits per heavy atom. The van der Waals surface area contributed by atoms with Crippen molar-refractivity contribution in [3.05, 3.63) is 81.9 Å². The van der Waals surface area contributed by atoms with Gasteiger partial charge in [-0.1, -0.05) is 55.0 Å². The standard InChI is InChI=1S/C27H30N2S/c1-6-12-29(17-22-10-8-7-9-11-22)23-15-24-27(28-16-23)26(21(5)30-24)25-19(3)13-18(2)14-20(25)4/h7-11,13-16H,6,12,17H2,1-5H3. The van der Waals surface area contributed by atoms with E-state index in [1.54, 1.807) is 0 Å². The lowest BCUT2D eigenvalue weighted by Crippen LogP contribution is -2.23. The van der Waals surface area contributed by atoms with Gasteiger partial charge in [0.05, 0.1) is 22.1 Å². The molecule has 0 aliphatic heterocycles. The fourth-order valence-electron chi connectivity index (χ4n) is 4.50. The van der Waals surface area contributed by atoms with Crippen LogP contribution in [0.4, 0.5) is 5.69 Å². The summed E-state index contributed by atoms with van der Waals surface area (Å²) in [6.07, 6.45) is 3.18. The first-order valence-electron chi connectivity index (χ1n) is 10.7. The van der Waals surface area contributed by atoms with Crippen LogP contribution in [0.15, 0.2) is 54.7 Å². The summed E-state index contributed by atoms with van der Waals surface area (Å²) >= 11 is 1.86. The van der Waals surface area contributed by atoms with Crippen molar-refractivity contribution in [3.63, 3.8) is 0 Å². The molecule has 2 heterocycles. The summed E-state index contributed by atoms with van der Waals surface area (Å²) in [6, 6.07) is 17.6. The molecule has 2 nitrogen and oxygen atoms in total. The topological polar surface area (TPSA) is 16.1 Å². The van der Waals surface area contributed by atoms with E-state index in [0.29, 0.717) is 0 Å². The number of aromatic nitrogens is 1. The molecule has 0 aliphatic carbocycles. The van der Waals surface area contributed by atoms with Gasteiger partial charge in [0.2, 0.25) is 0 Å². The Bertz CT molecular complexity index is 1150. The van der Waals surface area contributed by atoms with Gasteiger partial charge in [-0.3, -0.25) is 4.98 Å². The van der Waals surface area contributed by atoms with E-state index in [1.807, 2.05) is 11.3 Å². The van der Waals surface area contributed by atoms with Crippen LogP contribution in [0.25, 0.3) is 21.3 Å². The molecule has 30 heavy (non-hydrogen) atoms. The molecule has 3 heteroatoms. The number of hydrogen-bond acceptors (Lipinski definition) is 3. The molecule has 4 rings (SSSR count). The minimum absolute atomic E-state index is 0.912. The monoisotopic (exact) mass is 414 g/mol. The van der Waals surface area contributed by atoms with Gasteiger partial charge in [0, 0.05) is 23.5 Å². The molecule has 0 radical (unpaired) electrons. The molecule has 2 aromatic heterocycles. The van der Waals surface area contributed by atoms with E-state index in [1.165, 1.54) is 48.6 Å². The molecule has 0 bridgehead atoms. The van der Waals surface area contributed by atoms with Crippen LogP contribution in [0.1, 0.15) is 40.5 Å². The number of thiophene rings is 1. The second-order valence-electron chi connectivity index (χ2n) is 8.25. The van der Waals surface area contributed by atoms with E-state index in [9.17, 15) is 0 Å². The first kappa shape index (κ1) is 20.6.